The Hall–Kier alpha value is -2.36. The van der Waals surface area contributed by atoms with Crippen molar-refractivity contribution in [2.24, 2.45) is 0 Å². The lowest BCUT2D eigenvalue weighted by Crippen LogP contribution is -2.23. The molecule has 2 heterocycles. The highest BCUT2D eigenvalue weighted by molar-refractivity contribution is 7.88. The molecular weight excluding hydrogens is 384 g/mol. The Labute approximate surface area is 164 Å². The highest BCUT2D eigenvalue weighted by Gasteiger charge is 2.23. The van der Waals surface area contributed by atoms with Gasteiger partial charge in [-0.15, -0.1) is 0 Å². The van der Waals surface area contributed by atoms with Crippen molar-refractivity contribution in [1.82, 2.24) is 9.62 Å². The van der Waals surface area contributed by atoms with E-state index in [-0.39, 0.29) is 23.5 Å². The number of benzene rings is 1. The van der Waals surface area contributed by atoms with Gasteiger partial charge >= 0.3 is 0 Å². The first-order valence-corrected chi connectivity index (χ1v) is 10.4. The molecule has 1 fully saturated rings. The maximum absolute atomic E-state index is 12.2. The number of sulfonamides is 1. The summed E-state index contributed by atoms with van der Waals surface area (Å²) in [6.07, 6.45) is 2.26. The summed E-state index contributed by atoms with van der Waals surface area (Å²) >= 11 is 0. The summed E-state index contributed by atoms with van der Waals surface area (Å²) in [6.45, 7) is 1.61. The minimum absolute atomic E-state index is 0.0584. The van der Waals surface area contributed by atoms with Gasteiger partial charge in [-0.25, -0.2) is 12.7 Å². The minimum atomic E-state index is -3.71. The van der Waals surface area contributed by atoms with Gasteiger partial charge in [0.15, 0.2) is 5.76 Å². The van der Waals surface area contributed by atoms with Crippen LogP contribution in [0.4, 0.5) is 0 Å². The second-order valence-corrected chi connectivity index (χ2v) is 8.76. The number of carbonyl (C=O) groups is 1. The Bertz CT molecular complexity index is 899. The van der Waals surface area contributed by atoms with Gasteiger partial charge in [0.2, 0.25) is 5.09 Å². The van der Waals surface area contributed by atoms with Crippen molar-refractivity contribution in [1.29, 1.82) is 0 Å². The van der Waals surface area contributed by atoms with Crippen LogP contribution in [0.15, 0.2) is 45.9 Å². The quantitative estimate of drug-likeness (QED) is 0.718. The topological polar surface area (TPSA) is 98.1 Å². The first-order chi connectivity index (χ1) is 13.4. The first kappa shape index (κ1) is 20.4. The van der Waals surface area contributed by atoms with Crippen molar-refractivity contribution in [2.75, 3.05) is 27.3 Å². The largest absolute Gasteiger partial charge is 0.491 e. The molecule has 0 bridgehead atoms. The average molecular weight is 408 g/mol. The van der Waals surface area contributed by atoms with Gasteiger partial charge in [-0.05, 0) is 42.7 Å². The second kappa shape index (κ2) is 8.76. The van der Waals surface area contributed by atoms with Gasteiger partial charge in [0.05, 0.1) is 6.10 Å². The summed E-state index contributed by atoms with van der Waals surface area (Å²) in [6, 6.07) is 10.00. The van der Waals surface area contributed by atoms with Crippen molar-refractivity contribution in [3.05, 3.63) is 47.7 Å². The van der Waals surface area contributed by atoms with Gasteiger partial charge in [0, 0.05) is 27.2 Å². The van der Waals surface area contributed by atoms with Crippen molar-refractivity contribution < 1.29 is 27.1 Å². The molecule has 1 aromatic heterocycles. The Balaban J connectivity index is 1.51. The maximum Gasteiger partial charge on any atom is 0.287 e. The molecule has 0 saturated carbocycles. The monoisotopic (exact) mass is 408 g/mol. The third-order valence-corrected chi connectivity index (χ3v) is 6.07. The lowest BCUT2D eigenvalue weighted by molar-refractivity contribution is 0.0679. The minimum Gasteiger partial charge on any atom is -0.491 e. The summed E-state index contributed by atoms with van der Waals surface area (Å²) < 4.78 is 41.4. The lowest BCUT2D eigenvalue weighted by atomic mass is 10.2. The predicted octanol–water partition coefficient (Wildman–Crippen LogP) is 2.02. The fraction of sp³-hybridized carbons (Fsp3) is 0.421. The lowest BCUT2D eigenvalue weighted by Gasteiger charge is -2.12. The number of ether oxygens (including phenoxy) is 2. The van der Waals surface area contributed by atoms with Gasteiger partial charge in [-0.1, -0.05) is 12.1 Å². The zero-order valence-corrected chi connectivity index (χ0v) is 16.7. The number of rotatable bonds is 8. The van der Waals surface area contributed by atoms with Gasteiger partial charge in [0.25, 0.3) is 15.9 Å². The van der Waals surface area contributed by atoms with Crippen molar-refractivity contribution in [3.63, 3.8) is 0 Å². The average Bonchev–Trinajstić information content (AvgIpc) is 3.37. The molecule has 2 aromatic rings. The molecule has 1 aromatic carbocycles. The number of nitrogens with one attached hydrogen (secondary N) is 1. The molecule has 0 radical (unpaired) electrons. The van der Waals surface area contributed by atoms with Crippen molar-refractivity contribution in [3.8, 4) is 5.75 Å². The molecule has 1 saturated heterocycles. The summed E-state index contributed by atoms with van der Waals surface area (Å²) in [5, 5.41) is 2.44. The highest BCUT2D eigenvalue weighted by atomic mass is 32.2. The van der Waals surface area contributed by atoms with Crippen LogP contribution in [0.2, 0.25) is 0 Å². The van der Waals surface area contributed by atoms with Crippen molar-refractivity contribution in [2.45, 2.75) is 30.6 Å². The van der Waals surface area contributed by atoms with Crippen LogP contribution in [-0.2, 0) is 21.3 Å². The molecule has 1 aliphatic heterocycles. The Kier molecular flexibility index (Phi) is 6.38. The second-order valence-electron chi connectivity index (χ2n) is 6.68. The molecule has 0 aliphatic carbocycles. The Morgan fingerprint density at radius 2 is 1.96 bits per heavy atom. The smallest absolute Gasteiger partial charge is 0.287 e. The molecule has 28 heavy (non-hydrogen) atoms. The summed E-state index contributed by atoms with van der Waals surface area (Å²) in [5.74, 6) is 0.200. The van der Waals surface area contributed by atoms with E-state index < -0.39 is 15.9 Å². The van der Waals surface area contributed by atoms with Gasteiger partial charge < -0.3 is 19.2 Å². The summed E-state index contributed by atoms with van der Waals surface area (Å²) in [7, 11) is -0.920. The number of hydrogen-bond donors (Lipinski definition) is 1. The van der Waals surface area contributed by atoms with Crippen molar-refractivity contribution >= 4 is 15.9 Å². The molecule has 0 unspecified atom stereocenters. The third kappa shape index (κ3) is 4.92. The molecule has 1 amide bonds. The van der Waals surface area contributed by atoms with E-state index in [0.29, 0.717) is 6.61 Å². The van der Waals surface area contributed by atoms with E-state index in [0.717, 1.165) is 35.1 Å². The van der Waals surface area contributed by atoms with E-state index in [1.165, 1.54) is 26.2 Å². The SMILES string of the molecule is CN(C)S(=O)(=O)c1ccc(C(=O)NCc2ccc(OC[C@H]3CCCO3)cc2)o1. The zero-order valence-electron chi connectivity index (χ0n) is 15.9. The van der Waals surface area contributed by atoms with Crippen LogP contribution in [0.25, 0.3) is 0 Å². The summed E-state index contributed by atoms with van der Waals surface area (Å²) in [4.78, 5) is 12.2. The first-order valence-electron chi connectivity index (χ1n) is 9.00. The standard InChI is InChI=1S/C19H24N2O6S/c1-21(2)28(23,24)18-10-9-17(27-18)19(22)20-12-14-5-7-15(8-6-14)26-13-16-4-3-11-25-16/h5-10,16H,3-4,11-13H2,1-2H3,(H,20,22)/t16-/m1/s1. The van der Waals surface area contributed by atoms with E-state index in [1.54, 1.807) is 0 Å². The molecule has 1 atom stereocenters. The number of amides is 1. The molecule has 1 N–H and O–H groups in total. The zero-order chi connectivity index (χ0) is 20.1. The molecule has 9 heteroatoms. The molecule has 152 valence electrons. The molecule has 0 spiro atoms. The van der Waals surface area contributed by atoms with E-state index in [4.69, 9.17) is 13.9 Å². The van der Waals surface area contributed by atoms with E-state index in [9.17, 15) is 13.2 Å². The van der Waals surface area contributed by atoms with Gasteiger partial charge in [0.1, 0.15) is 12.4 Å². The van der Waals surface area contributed by atoms with Crippen LogP contribution < -0.4 is 10.1 Å². The van der Waals surface area contributed by atoms with Crippen LogP contribution in [0.1, 0.15) is 29.0 Å². The van der Waals surface area contributed by atoms with Crippen LogP contribution in [0.5, 0.6) is 5.75 Å². The Morgan fingerprint density at radius 3 is 2.61 bits per heavy atom. The number of carbonyl (C=O) groups excluding carboxylic acids is 1. The molecule has 3 rings (SSSR count). The maximum atomic E-state index is 12.2. The Morgan fingerprint density at radius 1 is 1.21 bits per heavy atom. The normalized spacial score (nSPS) is 17.0. The van der Waals surface area contributed by atoms with Crippen LogP contribution >= 0.6 is 0 Å². The number of hydrogen-bond acceptors (Lipinski definition) is 6. The third-order valence-electron chi connectivity index (χ3n) is 4.38. The predicted molar refractivity (Wildman–Crippen MR) is 102 cm³/mol. The van der Waals surface area contributed by atoms with Gasteiger partial charge in [-0.3, -0.25) is 4.79 Å². The fourth-order valence-electron chi connectivity index (χ4n) is 2.70. The van der Waals surface area contributed by atoms with E-state index in [1.807, 2.05) is 24.3 Å². The van der Waals surface area contributed by atoms with Crippen LogP contribution in [-0.4, -0.2) is 52.0 Å². The molecular formula is C19H24N2O6S. The highest BCUT2D eigenvalue weighted by Crippen LogP contribution is 2.18. The van der Waals surface area contributed by atoms with Gasteiger partial charge in [-0.2, -0.15) is 0 Å². The van der Waals surface area contributed by atoms with Crippen LogP contribution in [0, 0.1) is 0 Å². The fourth-order valence-corrected chi connectivity index (χ4v) is 3.49. The van der Waals surface area contributed by atoms with E-state index in [2.05, 4.69) is 5.32 Å². The molecule has 1 aliphatic rings. The molecule has 8 nitrogen and oxygen atoms in total. The van der Waals surface area contributed by atoms with E-state index >= 15 is 0 Å². The number of nitrogens with zero attached hydrogens (tertiary/aromatic N) is 1. The van der Waals surface area contributed by atoms with Crippen LogP contribution in [0.3, 0.4) is 0 Å². The summed E-state index contributed by atoms with van der Waals surface area (Å²) in [5.41, 5.74) is 0.880. The number of furan rings is 1.